The highest BCUT2D eigenvalue weighted by molar-refractivity contribution is 8.93. The summed E-state index contributed by atoms with van der Waals surface area (Å²) in [4.78, 5) is 29.1. The molecule has 6 heteroatoms. The SMILES string of the molecule is Br.Cc1ccc(C(=O)CSC(=O)CC(C)n2c(C)nc3ccccc32)cc1. The van der Waals surface area contributed by atoms with Crippen LogP contribution in [0.2, 0.25) is 0 Å². The molecule has 0 aliphatic rings. The van der Waals surface area contributed by atoms with E-state index in [-0.39, 0.29) is 39.7 Å². The van der Waals surface area contributed by atoms with Crippen molar-refractivity contribution in [1.29, 1.82) is 0 Å². The summed E-state index contributed by atoms with van der Waals surface area (Å²) >= 11 is 1.10. The van der Waals surface area contributed by atoms with Crippen LogP contribution >= 0.6 is 28.7 Å². The fraction of sp³-hybridized carbons (Fsp3) is 0.286. The molecule has 142 valence electrons. The third kappa shape index (κ3) is 5.08. The van der Waals surface area contributed by atoms with Gasteiger partial charge in [0.15, 0.2) is 10.9 Å². The highest BCUT2D eigenvalue weighted by atomic mass is 79.9. The number of aryl methyl sites for hydroxylation is 2. The van der Waals surface area contributed by atoms with Crippen molar-refractivity contribution in [1.82, 2.24) is 9.55 Å². The van der Waals surface area contributed by atoms with Gasteiger partial charge < -0.3 is 4.57 Å². The number of carbonyl (C=O) groups excluding carboxylic acids is 2. The van der Waals surface area contributed by atoms with Gasteiger partial charge in [-0.15, -0.1) is 17.0 Å². The number of nitrogens with zero attached hydrogens (tertiary/aromatic N) is 2. The Hall–Kier alpha value is -1.92. The largest absolute Gasteiger partial charge is 0.325 e. The van der Waals surface area contributed by atoms with E-state index in [0.29, 0.717) is 12.0 Å². The molecule has 0 aliphatic carbocycles. The van der Waals surface area contributed by atoms with Gasteiger partial charge in [-0.2, -0.15) is 0 Å². The summed E-state index contributed by atoms with van der Waals surface area (Å²) in [5.74, 6) is 1.06. The van der Waals surface area contributed by atoms with E-state index >= 15 is 0 Å². The van der Waals surface area contributed by atoms with Gasteiger partial charge in [0.25, 0.3) is 0 Å². The Morgan fingerprint density at radius 2 is 1.74 bits per heavy atom. The maximum Gasteiger partial charge on any atom is 0.191 e. The quantitative estimate of drug-likeness (QED) is 0.480. The number of Topliss-reactive ketones (excluding diaryl/α,β-unsaturated/α-hetero) is 1. The van der Waals surface area contributed by atoms with Gasteiger partial charge in [-0.25, -0.2) is 4.98 Å². The number of halogens is 1. The Labute approximate surface area is 174 Å². The molecule has 4 nitrogen and oxygen atoms in total. The zero-order chi connectivity index (χ0) is 18.7. The number of imidazole rings is 1. The van der Waals surface area contributed by atoms with E-state index in [4.69, 9.17) is 0 Å². The number of carbonyl (C=O) groups is 2. The van der Waals surface area contributed by atoms with Crippen LogP contribution < -0.4 is 0 Å². The molecule has 0 fully saturated rings. The average molecular weight is 447 g/mol. The predicted octanol–water partition coefficient (Wildman–Crippen LogP) is 5.32. The van der Waals surface area contributed by atoms with Gasteiger partial charge in [-0.05, 0) is 32.9 Å². The van der Waals surface area contributed by atoms with Crippen molar-refractivity contribution in [3.8, 4) is 0 Å². The van der Waals surface area contributed by atoms with Gasteiger partial charge in [0.1, 0.15) is 5.82 Å². The first kappa shape index (κ1) is 21.4. The molecule has 0 saturated heterocycles. The van der Waals surface area contributed by atoms with E-state index < -0.39 is 0 Å². The Morgan fingerprint density at radius 1 is 1.07 bits per heavy atom. The molecule has 0 amide bonds. The number of aromatic nitrogens is 2. The smallest absolute Gasteiger partial charge is 0.191 e. The average Bonchev–Trinajstić information content (AvgIpc) is 2.96. The van der Waals surface area contributed by atoms with Crippen molar-refractivity contribution in [2.24, 2.45) is 0 Å². The van der Waals surface area contributed by atoms with Crippen LogP contribution in [0.5, 0.6) is 0 Å². The van der Waals surface area contributed by atoms with Crippen molar-refractivity contribution < 1.29 is 9.59 Å². The number of benzene rings is 2. The van der Waals surface area contributed by atoms with Crippen molar-refractivity contribution >= 4 is 50.7 Å². The van der Waals surface area contributed by atoms with Crippen molar-refractivity contribution in [3.63, 3.8) is 0 Å². The first-order valence-corrected chi connectivity index (χ1v) is 9.63. The molecular formula is C21H23BrN2O2S. The maximum atomic E-state index is 12.4. The van der Waals surface area contributed by atoms with Gasteiger partial charge in [0, 0.05) is 18.0 Å². The standard InChI is InChI=1S/C21H22N2O2S.BrH/c1-14-8-10-17(11-9-14)20(24)13-26-21(25)12-15(2)23-16(3)22-18-6-4-5-7-19(18)23;/h4-11,15H,12-13H2,1-3H3;1H. The number of para-hydroxylation sites is 2. The Balaban J connectivity index is 0.00000261. The monoisotopic (exact) mass is 446 g/mol. The zero-order valence-electron chi connectivity index (χ0n) is 15.6. The number of rotatable bonds is 6. The lowest BCUT2D eigenvalue weighted by molar-refractivity contribution is -0.111. The van der Waals surface area contributed by atoms with Crippen LogP contribution in [0.4, 0.5) is 0 Å². The first-order chi connectivity index (χ1) is 12.5. The van der Waals surface area contributed by atoms with Crippen LogP contribution in [0.1, 0.15) is 41.1 Å². The summed E-state index contributed by atoms with van der Waals surface area (Å²) in [6.07, 6.45) is 0.368. The van der Waals surface area contributed by atoms with Crippen molar-refractivity contribution in [3.05, 3.63) is 65.5 Å². The topological polar surface area (TPSA) is 52.0 Å². The van der Waals surface area contributed by atoms with E-state index in [1.165, 1.54) is 0 Å². The number of ketones is 1. The molecule has 0 spiro atoms. The molecule has 3 aromatic rings. The normalized spacial score (nSPS) is 11.8. The van der Waals surface area contributed by atoms with Crippen LogP contribution in [0, 0.1) is 13.8 Å². The maximum absolute atomic E-state index is 12.4. The van der Waals surface area contributed by atoms with Crippen molar-refractivity contribution in [2.45, 2.75) is 33.2 Å². The number of hydrogen-bond donors (Lipinski definition) is 0. The number of thioether (sulfide) groups is 1. The second kappa shape index (κ2) is 9.33. The summed E-state index contributed by atoms with van der Waals surface area (Å²) < 4.78 is 2.09. The van der Waals surface area contributed by atoms with Crippen molar-refractivity contribution in [2.75, 3.05) is 5.75 Å². The molecule has 0 radical (unpaired) electrons. The van der Waals surface area contributed by atoms with Crippen LogP contribution in [0.25, 0.3) is 11.0 Å². The van der Waals surface area contributed by atoms with Crippen LogP contribution in [0.15, 0.2) is 48.5 Å². The predicted molar refractivity (Wildman–Crippen MR) is 117 cm³/mol. The molecular weight excluding hydrogens is 424 g/mol. The van der Waals surface area contributed by atoms with E-state index in [2.05, 4.69) is 9.55 Å². The molecule has 0 aliphatic heterocycles. The Bertz CT molecular complexity index is 950. The Morgan fingerprint density at radius 3 is 2.44 bits per heavy atom. The molecule has 1 unspecified atom stereocenters. The second-order valence-electron chi connectivity index (χ2n) is 6.52. The summed E-state index contributed by atoms with van der Waals surface area (Å²) in [7, 11) is 0. The highest BCUT2D eigenvalue weighted by Crippen LogP contribution is 2.24. The van der Waals surface area contributed by atoms with Gasteiger partial charge in [-0.1, -0.05) is 53.7 Å². The van der Waals surface area contributed by atoms with Crippen LogP contribution in [-0.2, 0) is 4.79 Å². The van der Waals surface area contributed by atoms with E-state index in [0.717, 1.165) is 34.2 Å². The molecule has 3 rings (SSSR count). The first-order valence-electron chi connectivity index (χ1n) is 8.65. The minimum Gasteiger partial charge on any atom is -0.325 e. The number of hydrogen-bond acceptors (Lipinski definition) is 4. The fourth-order valence-corrected chi connectivity index (χ4v) is 3.90. The zero-order valence-corrected chi connectivity index (χ0v) is 18.2. The molecule has 27 heavy (non-hydrogen) atoms. The van der Waals surface area contributed by atoms with Gasteiger partial charge >= 0.3 is 0 Å². The van der Waals surface area contributed by atoms with E-state index in [9.17, 15) is 9.59 Å². The van der Waals surface area contributed by atoms with E-state index in [1.807, 2.05) is 69.3 Å². The summed E-state index contributed by atoms with van der Waals surface area (Å²) in [6.45, 7) is 5.95. The molecule has 1 aromatic heterocycles. The Kier molecular flexibility index (Phi) is 7.39. The lowest BCUT2D eigenvalue weighted by Gasteiger charge is -2.15. The molecule has 0 N–H and O–H groups in total. The summed E-state index contributed by atoms with van der Waals surface area (Å²) in [6, 6.07) is 15.4. The molecule has 1 heterocycles. The minimum absolute atomic E-state index is 0. The summed E-state index contributed by atoms with van der Waals surface area (Å²) in [5.41, 5.74) is 3.74. The highest BCUT2D eigenvalue weighted by Gasteiger charge is 2.17. The lowest BCUT2D eigenvalue weighted by atomic mass is 10.1. The second-order valence-corrected chi connectivity index (χ2v) is 7.55. The van der Waals surface area contributed by atoms with Gasteiger partial charge in [0.2, 0.25) is 0 Å². The third-order valence-electron chi connectivity index (χ3n) is 4.41. The number of fused-ring (bicyclic) bond motifs is 1. The third-order valence-corrected chi connectivity index (χ3v) is 5.31. The fourth-order valence-electron chi connectivity index (χ4n) is 3.08. The van der Waals surface area contributed by atoms with E-state index in [1.54, 1.807) is 0 Å². The summed E-state index contributed by atoms with van der Waals surface area (Å²) in [5, 5.41) is 0.0233. The van der Waals surface area contributed by atoms with Crippen LogP contribution in [0.3, 0.4) is 0 Å². The molecule has 2 aromatic carbocycles. The van der Waals surface area contributed by atoms with Gasteiger partial charge in [0.05, 0.1) is 16.8 Å². The minimum atomic E-state index is -0.0136. The lowest BCUT2D eigenvalue weighted by Crippen LogP contribution is -2.12. The molecule has 0 bridgehead atoms. The van der Waals surface area contributed by atoms with Gasteiger partial charge in [-0.3, -0.25) is 9.59 Å². The van der Waals surface area contributed by atoms with Crippen LogP contribution in [-0.4, -0.2) is 26.2 Å². The molecule has 1 atom stereocenters. The molecule has 0 saturated carbocycles.